The smallest absolute Gasteiger partial charge is 0.270 e. The monoisotopic (exact) mass is 238 g/mol. The third-order valence-electron chi connectivity index (χ3n) is 3.09. The summed E-state index contributed by atoms with van der Waals surface area (Å²) in [6.07, 6.45) is 3.85. The zero-order valence-corrected chi connectivity index (χ0v) is 10.0. The van der Waals surface area contributed by atoms with Crippen molar-refractivity contribution >= 4 is 17.5 Å². The van der Waals surface area contributed by atoms with Crippen molar-refractivity contribution in [3.63, 3.8) is 0 Å². The van der Waals surface area contributed by atoms with Gasteiger partial charge >= 0.3 is 0 Å². The Morgan fingerprint density at radius 1 is 1.62 bits per heavy atom. The highest BCUT2D eigenvalue weighted by Gasteiger charge is 2.41. The fourth-order valence-electron chi connectivity index (χ4n) is 1.61. The van der Waals surface area contributed by atoms with Crippen LogP contribution in [-0.4, -0.2) is 23.3 Å². The Morgan fingerprint density at radius 3 is 2.94 bits per heavy atom. The summed E-state index contributed by atoms with van der Waals surface area (Å²) >= 11 is 5.85. The van der Waals surface area contributed by atoms with Gasteiger partial charge in [0.25, 0.3) is 5.91 Å². The minimum atomic E-state index is -0.102. The first-order valence-electron chi connectivity index (χ1n) is 5.43. The third-order valence-corrected chi connectivity index (χ3v) is 3.66. The molecule has 16 heavy (non-hydrogen) atoms. The number of aryl methyl sites for hydroxylation is 1. The summed E-state index contributed by atoms with van der Waals surface area (Å²) < 4.78 is 0. The molecule has 1 heterocycles. The SMILES string of the molecule is Cc1cccnc1C(=O)NCC1(CCl)CC1. The van der Waals surface area contributed by atoms with Gasteiger partial charge < -0.3 is 5.32 Å². The molecule has 4 heteroatoms. The second-order valence-electron chi connectivity index (χ2n) is 4.49. The molecule has 0 saturated heterocycles. The van der Waals surface area contributed by atoms with Gasteiger partial charge in [0.05, 0.1) is 0 Å². The maximum Gasteiger partial charge on any atom is 0.270 e. The predicted octanol–water partition coefficient (Wildman–Crippen LogP) is 2.14. The van der Waals surface area contributed by atoms with Crippen LogP contribution in [0.1, 0.15) is 28.9 Å². The lowest BCUT2D eigenvalue weighted by Gasteiger charge is -2.12. The predicted molar refractivity (Wildman–Crippen MR) is 63.7 cm³/mol. The summed E-state index contributed by atoms with van der Waals surface area (Å²) in [6, 6.07) is 3.71. The van der Waals surface area contributed by atoms with Crippen molar-refractivity contribution in [3.8, 4) is 0 Å². The van der Waals surface area contributed by atoms with Crippen LogP contribution in [0.2, 0.25) is 0 Å². The lowest BCUT2D eigenvalue weighted by molar-refractivity contribution is 0.0941. The van der Waals surface area contributed by atoms with Crippen LogP contribution < -0.4 is 5.32 Å². The van der Waals surface area contributed by atoms with Crippen molar-refractivity contribution in [2.45, 2.75) is 19.8 Å². The van der Waals surface area contributed by atoms with E-state index in [1.165, 1.54) is 0 Å². The molecule has 1 aliphatic carbocycles. The van der Waals surface area contributed by atoms with Crippen molar-refractivity contribution in [1.82, 2.24) is 10.3 Å². The number of pyridine rings is 1. The molecule has 1 saturated carbocycles. The van der Waals surface area contributed by atoms with Crippen LogP contribution in [0.3, 0.4) is 0 Å². The molecule has 0 spiro atoms. The maximum atomic E-state index is 11.8. The van der Waals surface area contributed by atoms with Crippen LogP contribution in [-0.2, 0) is 0 Å². The van der Waals surface area contributed by atoms with Gasteiger partial charge in [0, 0.05) is 24.0 Å². The number of carbonyl (C=O) groups excluding carboxylic acids is 1. The van der Waals surface area contributed by atoms with E-state index >= 15 is 0 Å². The normalized spacial score (nSPS) is 16.9. The van der Waals surface area contributed by atoms with E-state index in [4.69, 9.17) is 11.6 Å². The lowest BCUT2D eigenvalue weighted by atomic mass is 10.1. The zero-order valence-electron chi connectivity index (χ0n) is 9.29. The highest BCUT2D eigenvalue weighted by atomic mass is 35.5. The molecule has 1 fully saturated rings. The molecule has 1 aliphatic rings. The molecular weight excluding hydrogens is 224 g/mol. The third kappa shape index (κ3) is 2.35. The molecule has 0 aliphatic heterocycles. The molecule has 1 aromatic heterocycles. The number of nitrogens with zero attached hydrogens (tertiary/aromatic N) is 1. The first-order chi connectivity index (χ1) is 7.67. The zero-order chi connectivity index (χ0) is 11.6. The molecule has 0 aromatic carbocycles. The van der Waals surface area contributed by atoms with Crippen molar-refractivity contribution in [3.05, 3.63) is 29.6 Å². The minimum absolute atomic E-state index is 0.102. The van der Waals surface area contributed by atoms with Crippen molar-refractivity contribution in [1.29, 1.82) is 0 Å². The summed E-state index contributed by atoms with van der Waals surface area (Å²) in [6.45, 7) is 2.54. The Hall–Kier alpha value is -1.09. The van der Waals surface area contributed by atoms with Crippen LogP contribution in [0.25, 0.3) is 0 Å². The van der Waals surface area contributed by atoms with E-state index in [-0.39, 0.29) is 11.3 Å². The van der Waals surface area contributed by atoms with Gasteiger partial charge in [-0.1, -0.05) is 6.07 Å². The van der Waals surface area contributed by atoms with Crippen molar-refractivity contribution in [2.24, 2.45) is 5.41 Å². The number of aromatic nitrogens is 1. The van der Waals surface area contributed by atoms with E-state index in [1.807, 2.05) is 19.1 Å². The average molecular weight is 239 g/mol. The summed E-state index contributed by atoms with van der Waals surface area (Å²) in [5.74, 6) is 0.517. The molecule has 0 unspecified atom stereocenters. The Labute approximate surface area is 100 Å². The average Bonchev–Trinajstić information content (AvgIpc) is 3.07. The minimum Gasteiger partial charge on any atom is -0.350 e. The number of hydrogen-bond acceptors (Lipinski definition) is 2. The Morgan fingerprint density at radius 2 is 2.38 bits per heavy atom. The summed E-state index contributed by atoms with van der Waals surface area (Å²) in [5, 5.41) is 2.91. The summed E-state index contributed by atoms with van der Waals surface area (Å²) in [5.41, 5.74) is 1.56. The number of nitrogens with one attached hydrogen (secondary N) is 1. The molecular formula is C12H15ClN2O. The van der Waals surface area contributed by atoms with Gasteiger partial charge in [0.1, 0.15) is 5.69 Å². The number of amides is 1. The maximum absolute atomic E-state index is 11.8. The van der Waals surface area contributed by atoms with Gasteiger partial charge in [-0.2, -0.15) is 0 Å². The number of hydrogen-bond donors (Lipinski definition) is 1. The first-order valence-corrected chi connectivity index (χ1v) is 5.96. The standard InChI is InChI=1S/C12H15ClN2O/c1-9-3-2-6-14-10(9)11(16)15-8-12(7-13)4-5-12/h2-3,6H,4-5,7-8H2,1H3,(H,15,16). The first kappa shape index (κ1) is 11.4. The lowest BCUT2D eigenvalue weighted by Crippen LogP contribution is -2.32. The summed E-state index contributed by atoms with van der Waals surface area (Å²) in [7, 11) is 0. The van der Waals surface area contributed by atoms with Gasteiger partial charge in [0.2, 0.25) is 0 Å². The van der Waals surface area contributed by atoms with Crippen LogP contribution in [0.15, 0.2) is 18.3 Å². The van der Waals surface area contributed by atoms with Gasteiger partial charge in [-0.3, -0.25) is 9.78 Å². The van der Waals surface area contributed by atoms with E-state index in [0.29, 0.717) is 18.1 Å². The van der Waals surface area contributed by atoms with Crippen LogP contribution in [0, 0.1) is 12.3 Å². The molecule has 1 N–H and O–H groups in total. The van der Waals surface area contributed by atoms with E-state index < -0.39 is 0 Å². The van der Waals surface area contributed by atoms with Gasteiger partial charge in [0.15, 0.2) is 0 Å². The molecule has 0 bridgehead atoms. The number of carbonyl (C=O) groups is 1. The Kier molecular flexibility index (Phi) is 3.15. The second kappa shape index (κ2) is 4.42. The Bertz CT molecular complexity index is 402. The topological polar surface area (TPSA) is 42.0 Å². The van der Waals surface area contributed by atoms with Gasteiger partial charge in [-0.05, 0) is 31.4 Å². The quantitative estimate of drug-likeness (QED) is 0.817. The van der Waals surface area contributed by atoms with Crippen LogP contribution >= 0.6 is 11.6 Å². The van der Waals surface area contributed by atoms with Crippen molar-refractivity contribution < 1.29 is 4.79 Å². The van der Waals surface area contributed by atoms with Crippen molar-refractivity contribution in [2.75, 3.05) is 12.4 Å². The number of alkyl halides is 1. The fraction of sp³-hybridized carbons (Fsp3) is 0.500. The van der Waals surface area contributed by atoms with E-state index in [2.05, 4.69) is 10.3 Å². The van der Waals surface area contributed by atoms with E-state index in [9.17, 15) is 4.79 Å². The van der Waals surface area contributed by atoms with Crippen LogP contribution in [0.4, 0.5) is 0 Å². The van der Waals surface area contributed by atoms with E-state index in [0.717, 1.165) is 18.4 Å². The molecule has 1 aromatic rings. The highest BCUT2D eigenvalue weighted by Crippen LogP contribution is 2.45. The largest absolute Gasteiger partial charge is 0.350 e. The molecule has 0 atom stereocenters. The molecule has 86 valence electrons. The molecule has 0 radical (unpaired) electrons. The second-order valence-corrected chi connectivity index (χ2v) is 4.75. The number of halogens is 1. The van der Waals surface area contributed by atoms with Gasteiger partial charge in [-0.15, -0.1) is 11.6 Å². The molecule has 3 nitrogen and oxygen atoms in total. The van der Waals surface area contributed by atoms with E-state index in [1.54, 1.807) is 6.20 Å². The highest BCUT2D eigenvalue weighted by molar-refractivity contribution is 6.18. The Balaban J connectivity index is 1.96. The molecule has 1 amide bonds. The van der Waals surface area contributed by atoms with Crippen LogP contribution in [0.5, 0.6) is 0 Å². The van der Waals surface area contributed by atoms with Gasteiger partial charge in [-0.25, -0.2) is 0 Å². The molecule has 2 rings (SSSR count). The summed E-state index contributed by atoms with van der Waals surface area (Å²) in [4.78, 5) is 15.9. The number of rotatable bonds is 4. The fourth-order valence-corrected chi connectivity index (χ4v) is 1.97.